The second-order valence-electron chi connectivity index (χ2n) is 7.18. The Balaban J connectivity index is 1.24. The lowest BCUT2D eigenvalue weighted by atomic mass is 9.72. The van der Waals surface area contributed by atoms with Crippen LogP contribution in [-0.4, -0.2) is 41.9 Å². The third kappa shape index (κ3) is 3.19. The zero-order chi connectivity index (χ0) is 16.6. The first kappa shape index (κ1) is 15.7. The topological polar surface area (TPSA) is 23.6 Å². The predicted molar refractivity (Wildman–Crippen MR) is 95.9 cm³/mol. The van der Waals surface area contributed by atoms with Crippen LogP contribution in [0.2, 0.25) is 5.02 Å². The molecule has 1 amide bonds. The van der Waals surface area contributed by atoms with Crippen LogP contribution in [0.25, 0.3) is 0 Å². The Morgan fingerprint density at radius 1 is 0.917 bits per heavy atom. The van der Waals surface area contributed by atoms with Gasteiger partial charge in [-0.2, -0.15) is 0 Å². The monoisotopic (exact) mass is 340 g/mol. The maximum atomic E-state index is 12.4. The number of nitrogens with zero attached hydrogens (tertiary/aromatic N) is 2. The Bertz CT molecular complexity index is 715. The number of rotatable bonds is 4. The maximum Gasteiger partial charge on any atom is 0.227 e. The molecule has 2 aromatic carbocycles. The first-order chi connectivity index (χ1) is 11.6. The molecule has 0 aromatic heterocycles. The van der Waals surface area contributed by atoms with Crippen LogP contribution in [-0.2, 0) is 17.8 Å². The van der Waals surface area contributed by atoms with Gasteiger partial charge in [0.1, 0.15) is 0 Å². The van der Waals surface area contributed by atoms with Gasteiger partial charge in [-0.25, -0.2) is 0 Å². The van der Waals surface area contributed by atoms with E-state index in [-0.39, 0.29) is 5.91 Å². The zero-order valence-corrected chi connectivity index (χ0v) is 14.4. The normalized spacial score (nSPS) is 19.0. The van der Waals surface area contributed by atoms with E-state index in [1.54, 1.807) is 0 Å². The minimum Gasteiger partial charge on any atom is -0.341 e. The van der Waals surface area contributed by atoms with Crippen LogP contribution in [0.5, 0.6) is 0 Å². The molecule has 124 valence electrons. The van der Waals surface area contributed by atoms with Crippen molar-refractivity contribution in [3.05, 3.63) is 70.7 Å². The van der Waals surface area contributed by atoms with Crippen molar-refractivity contribution in [1.29, 1.82) is 0 Å². The molecule has 0 radical (unpaired) electrons. The van der Waals surface area contributed by atoms with E-state index in [4.69, 9.17) is 11.6 Å². The molecule has 0 atom stereocenters. The predicted octanol–water partition coefficient (Wildman–Crippen LogP) is 3.23. The van der Waals surface area contributed by atoms with E-state index in [9.17, 15) is 4.79 Å². The van der Waals surface area contributed by atoms with E-state index in [1.165, 1.54) is 5.56 Å². The van der Waals surface area contributed by atoms with Crippen molar-refractivity contribution in [3.8, 4) is 0 Å². The van der Waals surface area contributed by atoms with Crippen molar-refractivity contribution >= 4 is 17.5 Å². The molecule has 2 aromatic rings. The van der Waals surface area contributed by atoms with Crippen molar-refractivity contribution < 1.29 is 4.79 Å². The van der Waals surface area contributed by atoms with Crippen LogP contribution in [0.15, 0.2) is 54.6 Å². The molecule has 2 saturated heterocycles. The van der Waals surface area contributed by atoms with Gasteiger partial charge in [0.2, 0.25) is 5.91 Å². The maximum absolute atomic E-state index is 12.4. The largest absolute Gasteiger partial charge is 0.341 e. The van der Waals surface area contributed by atoms with Gasteiger partial charge in [0, 0.05) is 43.2 Å². The number of likely N-dealkylation sites (tertiary alicyclic amines) is 2. The average molecular weight is 341 g/mol. The number of hydrogen-bond donors (Lipinski definition) is 0. The van der Waals surface area contributed by atoms with E-state index in [0.29, 0.717) is 16.9 Å². The molecule has 2 heterocycles. The molecular formula is C20H21ClN2O. The van der Waals surface area contributed by atoms with Gasteiger partial charge < -0.3 is 4.90 Å². The summed E-state index contributed by atoms with van der Waals surface area (Å²) in [5, 5.41) is 0.710. The van der Waals surface area contributed by atoms with Gasteiger partial charge in [-0.1, -0.05) is 54.1 Å². The molecule has 2 aliphatic heterocycles. The van der Waals surface area contributed by atoms with Crippen LogP contribution >= 0.6 is 11.6 Å². The molecule has 3 nitrogen and oxygen atoms in total. The zero-order valence-electron chi connectivity index (χ0n) is 13.6. The van der Waals surface area contributed by atoms with E-state index in [1.807, 2.05) is 29.2 Å². The van der Waals surface area contributed by atoms with Gasteiger partial charge in [0.05, 0.1) is 6.42 Å². The van der Waals surface area contributed by atoms with Gasteiger partial charge >= 0.3 is 0 Å². The van der Waals surface area contributed by atoms with Crippen LogP contribution in [0.3, 0.4) is 0 Å². The van der Waals surface area contributed by atoms with Crippen LogP contribution < -0.4 is 0 Å². The van der Waals surface area contributed by atoms with Crippen LogP contribution in [0, 0.1) is 5.41 Å². The van der Waals surface area contributed by atoms with E-state index in [0.717, 1.165) is 38.3 Å². The molecule has 0 unspecified atom stereocenters. The lowest BCUT2D eigenvalue weighted by Gasteiger charge is -2.60. The van der Waals surface area contributed by atoms with E-state index < -0.39 is 0 Å². The Labute approximate surface area is 147 Å². The molecule has 2 aliphatic rings. The number of halogens is 1. The summed E-state index contributed by atoms with van der Waals surface area (Å²) in [4.78, 5) is 16.8. The molecule has 0 N–H and O–H groups in total. The minimum absolute atomic E-state index is 0.226. The molecule has 4 heteroatoms. The van der Waals surface area contributed by atoms with Crippen molar-refractivity contribution in [1.82, 2.24) is 9.80 Å². The molecule has 2 fully saturated rings. The number of amides is 1. The fourth-order valence-electron chi connectivity index (χ4n) is 3.88. The van der Waals surface area contributed by atoms with Crippen LogP contribution in [0.4, 0.5) is 0 Å². The third-order valence-corrected chi connectivity index (χ3v) is 5.29. The smallest absolute Gasteiger partial charge is 0.227 e. The molecule has 4 rings (SSSR count). The van der Waals surface area contributed by atoms with Gasteiger partial charge in [0.15, 0.2) is 0 Å². The summed E-state index contributed by atoms with van der Waals surface area (Å²) >= 11 is 5.88. The van der Waals surface area contributed by atoms with Gasteiger partial charge in [0.25, 0.3) is 0 Å². The minimum atomic E-state index is 0.226. The van der Waals surface area contributed by atoms with Gasteiger partial charge in [-0.15, -0.1) is 0 Å². The van der Waals surface area contributed by atoms with Crippen LogP contribution in [0.1, 0.15) is 11.1 Å². The molecular weight excluding hydrogens is 320 g/mol. The first-order valence-electron chi connectivity index (χ1n) is 8.40. The lowest BCUT2D eigenvalue weighted by molar-refractivity contribution is -0.159. The second-order valence-corrected chi connectivity index (χ2v) is 7.62. The SMILES string of the molecule is O=C(Cc1ccc(Cl)cc1)N1CC2(CN(Cc3ccccc3)C2)C1. The quantitative estimate of drug-likeness (QED) is 0.853. The summed E-state index contributed by atoms with van der Waals surface area (Å²) in [6.45, 7) is 5.04. The highest BCUT2D eigenvalue weighted by Crippen LogP contribution is 2.40. The molecule has 1 spiro atoms. The lowest BCUT2D eigenvalue weighted by Crippen LogP contribution is -2.72. The van der Waals surface area contributed by atoms with Crippen molar-refractivity contribution in [2.75, 3.05) is 26.2 Å². The van der Waals surface area contributed by atoms with E-state index in [2.05, 4.69) is 35.2 Å². The third-order valence-electron chi connectivity index (χ3n) is 5.04. The summed E-state index contributed by atoms with van der Waals surface area (Å²) in [5.41, 5.74) is 2.75. The highest BCUT2D eigenvalue weighted by molar-refractivity contribution is 6.30. The summed E-state index contributed by atoms with van der Waals surface area (Å²) in [6.07, 6.45) is 0.473. The Morgan fingerprint density at radius 3 is 2.25 bits per heavy atom. The van der Waals surface area contributed by atoms with Crippen molar-refractivity contribution in [2.24, 2.45) is 5.41 Å². The molecule has 24 heavy (non-hydrogen) atoms. The standard InChI is InChI=1S/C20H21ClN2O/c21-18-8-6-16(7-9-18)10-19(24)23-14-20(15-23)12-22(13-20)11-17-4-2-1-3-5-17/h1-9H,10-15H2. The number of hydrogen-bond acceptors (Lipinski definition) is 2. The Morgan fingerprint density at radius 2 is 1.58 bits per heavy atom. The van der Waals surface area contributed by atoms with Crippen molar-refractivity contribution in [3.63, 3.8) is 0 Å². The summed E-state index contributed by atoms with van der Waals surface area (Å²) in [6, 6.07) is 18.1. The summed E-state index contributed by atoms with van der Waals surface area (Å²) in [7, 11) is 0. The van der Waals surface area contributed by atoms with E-state index >= 15 is 0 Å². The average Bonchev–Trinajstić information content (AvgIpc) is 2.51. The summed E-state index contributed by atoms with van der Waals surface area (Å²) in [5.74, 6) is 0.226. The van der Waals surface area contributed by atoms with Gasteiger partial charge in [-0.3, -0.25) is 9.69 Å². The Hall–Kier alpha value is -1.84. The fraction of sp³-hybridized carbons (Fsp3) is 0.350. The van der Waals surface area contributed by atoms with Gasteiger partial charge in [-0.05, 0) is 23.3 Å². The highest BCUT2D eigenvalue weighted by Gasteiger charge is 2.52. The van der Waals surface area contributed by atoms with Crippen molar-refractivity contribution in [2.45, 2.75) is 13.0 Å². The number of carbonyl (C=O) groups is 1. The molecule has 0 bridgehead atoms. The second kappa shape index (κ2) is 6.23. The highest BCUT2D eigenvalue weighted by atomic mass is 35.5. The first-order valence-corrected chi connectivity index (χ1v) is 8.78. The molecule has 0 aliphatic carbocycles. The Kier molecular flexibility index (Phi) is 4.07. The molecule has 0 saturated carbocycles. The number of carbonyl (C=O) groups excluding carboxylic acids is 1. The number of benzene rings is 2. The fourth-order valence-corrected chi connectivity index (χ4v) is 4.01. The summed E-state index contributed by atoms with van der Waals surface area (Å²) < 4.78 is 0.